The maximum atomic E-state index is 15.0. The fourth-order valence-electron chi connectivity index (χ4n) is 5.90. The molecule has 4 aromatic rings. The molecule has 1 atom stereocenters. The van der Waals surface area contributed by atoms with Gasteiger partial charge in [0.2, 0.25) is 0 Å². The van der Waals surface area contributed by atoms with Crippen molar-refractivity contribution in [3.63, 3.8) is 0 Å². The van der Waals surface area contributed by atoms with E-state index in [0.29, 0.717) is 18.1 Å². The molecule has 0 fully saturated rings. The lowest BCUT2D eigenvalue weighted by molar-refractivity contribution is -0.0720. The van der Waals surface area contributed by atoms with E-state index >= 15 is 0 Å². The average Bonchev–Trinajstić information content (AvgIpc) is 3.07. The van der Waals surface area contributed by atoms with Crippen LogP contribution in [0.25, 0.3) is 0 Å². The summed E-state index contributed by atoms with van der Waals surface area (Å²) < 4.78 is 8.94. The number of carbonyl (C=O) groups excluding carboxylic acids is 1. The van der Waals surface area contributed by atoms with Gasteiger partial charge in [-0.15, -0.1) is 5.59 Å². The van der Waals surface area contributed by atoms with Crippen molar-refractivity contribution in [2.24, 2.45) is 0 Å². The Bertz CT molecular complexity index is 1420. The van der Waals surface area contributed by atoms with E-state index in [1.54, 1.807) is 5.01 Å². The number of benzene rings is 4. The monoisotopic (exact) mass is 622 g/mol. The van der Waals surface area contributed by atoms with Crippen molar-refractivity contribution in [1.29, 1.82) is 5.26 Å². The van der Waals surface area contributed by atoms with Crippen LogP contribution in [-0.2, 0) is 21.5 Å². The molecule has 1 amide bonds. The van der Waals surface area contributed by atoms with Gasteiger partial charge >= 0.3 is 0 Å². The van der Waals surface area contributed by atoms with Crippen molar-refractivity contribution >= 4 is 14.2 Å². The molecule has 0 heterocycles. The average molecular weight is 623 g/mol. The molecule has 0 aromatic heterocycles. The Morgan fingerprint density at radius 1 is 0.800 bits per heavy atom. The third kappa shape index (κ3) is 7.68. The van der Waals surface area contributed by atoms with Crippen LogP contribution in [0.2, 0.25) is 0 Å². The summed E-state index contributed by atoms with van der Waals surface area (Å²) in [4.78, 5) is 20.5. The van der Waals surface area contributed by atoms with E-state index < -0.39 is 13.8 Å². The first-order valence-electron chi connectivity index (χ1n) is 15.3. The molecule has 0 aliphatic carbocycles. The van der Waals surface area contributed by atoms with Gasteiger partial charge in [-0.25, -0.2) is 5.01 Å². The summed E-state index contributed by atoms with van der Waals surface area (Å²) in [6, 6.07) is 40.3. The number of carbonyl (C=O) groups is 1. The van der Waals surface area contributed by atoms with E-state index in [9.17, 15) is 10.1 Å². The molecule has 1 unspecified atom stereocenters. The van der Waals surface area contributed by atoms with Crippen LogP contribution in [0.4, 0.5) is 0 Å². The summed E-state index contributed by atoms with van der Waals surface area (Å²) in [5.41, 5.74) is 5.80. The second kappa shape index (κ2) is 16.4. The zero-order valence-electron chi connectivity index (χ0n) is 26.8. The lowest BCUT2D eigenvalue weighted by atomic mass is 9.76. The first-order valence-corrected chi connectivity index (χ1v) is 16.7. The van der Waals surface area contributed by atoms with Gasteiger partial charge in [-0.3, -0.25) is 14.3 Å². The van der Waals surface area contributed by atoms with Gasteiger partial charge in [-0.2, -0.15) is 5.26 Å². The van der Waals surface area contributed by atoms with Crippen molar-refractivity contribution in [2.75, 3.05) is 13.3 Å². The highest BCUT2D eigenvalue weighted by Crippen LogP contribution is 2.47. The zero-order valence-corrected chi connectivity index (χ0v) is 27.7. The summed E-state index contributed by atoms with van der Waals surface area (Å²) in [6.45, 7) is 8.81. The fraction of sp³-hybridized carbons (Fsp3) is 0.297. The molecular weight excluding hydrogens is 579 g/mol. The van der Waals surface area contributed by atoms with Crippen molar-refractivity contribution in [1.82, 2.24) is 15.3 Å². The molecule has 0 aliphatic rings. The van der Waals surface area contributed by atoms with Gasteiger partial charge in [-0.05, 0) is 56.0 Å². The molecule has 0 saturated carbocycles. The fourth-order valence-corrected chi connectivity index (χ4v) is 8.01. The summed E-state index contributed by atoms with van der Waals surface area (Å²) in [5.74, 6) is -0.279. The van der Waals surface area contributed by atoms with E-state index in [1.165, 1.54) is 7.11 Å². The van der Waals surface area contributed by atoms with Crippen LogP contribution in [0.1, 0.15) is 66.7 Å². The highest BCUT2D eigenvalue weighted by Gasteiger charge is 2.46. The lowest BCUT2D eigenvalue weighted by Crippen LogP contribution is -2.57. The topological polar surface area (TPSA) is 77.8 Å². The predicted molar refractivity (Wildman–Crippen MR) is 181 cm³/mol. The third-order valence-electron chi connectivity index (χ3n) is 7.64. The molecule has 4 aromatic carbocycles. The first-order chi connectivity index (χ1) is 21.9. The molecule has 0 radical (unpaired) electrons. The number of hydrogen-bond acceptors (Lipinski definition) is 6. The van der Waals surface area contributed by atoms with E-state index in [2.05, 4.69) is 44.0 Å². The van der Waals surface area contributed by atoms with Gasteiger partial charge in [-0.1, -0.05) is 109 Å². The molecule has 7 nitrogen and oxygen atoms in total. The van der Waals surface area contributed by atoms with Crippen LogP contribution in [0.15, 0.2) is 115 Å². The van der Waals surface area contributed by atoms with Gasteiger partial charge < -0.3 is 4.52 Å². The van der Waals surface area contributed by atoms with Crippen LogP contribution in [0.3, 0.4) is 0 Å². The van der Waals surface area contributed by atoms with Crippen LogP contribution in [-0.4, -0.2) is 40.9 Å². The van der Waals surface area contributed by atoms with E-state index in [1.807, 2.05) is 115 Å². The Morgan fingerprint density at radius 2 is 1.27 bits per heavy atom. The van der Waals surface area contributed by atoms with Crippen molar-refractivity contribution in [2.45, 2.75) is 58.3 Å². The first kappa shape index (κ1) is 34.0. The van der Waals surface area contributed by atoms with Crippen molar-refractivity contribution in [3.05, 3.63) is 143 Å². The second-order valence-corrected chi connectivity index (χ2v) is 13.1. The number of nitrogens with zero attached hydrogens (tertiary/aromatic N) is 3. The Kier molecular flexibility index (Phi) is 12.4. The van der Waals surface area contributed by atoms with Gasteiger partial charge in [0.15, 0.2) is 0 Å². The molecule has 4 rings (SSSR count). The summed E-state index contributed by atoms with van der Waals surface area (Å²) >= 11 is 0. The Balaban J connectivity index is 1.85. The van der Waals surface area contributed by atoms with Crippen molar-refractivity contribution in [3.8, 4) is 6.07 Å². The number of hydrogen-bond donors (Lipinski definition) is 1. The minimum Gasteiger partial charge on any atom is -0.339 e. The van der Waals surface area contributed by atoms with E-state index in [4.69, 9.17) is 9.36 Å². The summed E-state index contributed by atoms with van der Waals surface area (Å²) in [6.07, 6.45) is 1.04. The molecule has 0 saturated heterocycles. The normalized spacial score (nSPS) is 12.3. The van der Waals surface area contributed by atoms with Crippen LogP contribution in [0.5, 0.6) is 0 Å². The molecule has 0 aliphatic heterocycles. The predicted octanol–water partition coefficient (Wildman–Crippen LogP) is 8.05. The van der Waals surface area contributed by atoms with Crippen molar-refractivity contribution < 1.29 is 14.2 Å². The molecule has 45 heavy (non-hydrogen) atoms. The molecule has 1 N–H and O–H groups in total. The van der Waals surface area contributed by atoms with Gasteiger partial charge in [0, 0.05) is 30.2 Å². The Labute approximate surface area is 269 Å². The van der Waals surface area contributed by atoms with Crippen LogP contribution < -0.4 is 5.59 Å². The minimum atomic E-state index is -1.10. The van der Waals surface area contributed by atoms with E-state index in [0.717, 1.165) is 22.3 Å². The maximum Gasteiger partial charge on any atom is 0.271 e. The standard InChI is InChI=1S/C37H43N4O3P/c1-29(2)40(30(3)4)45(27-17-26-38)44-28-31-18-15-16-25-35(31)36(42)41(39-43-5)37(32-19-9-6-10-20-32,33-21-11-7-12-22-33)34-23-13-8-14-24-34/h6-16,18-25,29-30,39H,17,27-28H2,1-5H3. The lowest BCUT2D eigenvalue weighted by Gasteiger charge is -2.44. The third-order valence-corrected chi connectivity index (χ3v) is 10.1. The Morgan fingerprint density at radius 3 is 1.71 bits per heavy atom. The molecule has 0 bridgehead atoms. The molecule has 234 valence electrons. The number of nitrogens with one attached hydrogen (secondary N) is 1. The van der Waals surface area contributed by atoms with Crippen LogP contribution >= 0.6 is 8.30 Å². The number of rotatable bonds is 15. The molecular formula is C37H43N4O3P. The van der Waals surface area contributed by atoms with Gasteiger partial charge in [0.1, 0.15) is 13.8 Å². The number of nitriles is 1. The van der Waals surface area contributed by atoms with E-state index in [-0.39, 0.29) is 24.6 Å². The quantitative estimate of drug-likeness (QED) is 0.0821. The van der Waals surface area contributed by atoms with Gasteiger partial charge in [0.25, 0.3) is 5.91 Å². The Hall–Kier alpha value is -3.89. The number of amides is 1. The second-order valence-electron chi connectivity index (χ2n) is 11.2. The highest BCUT2D eigenvalue weighted by molar-refractivity contribution is 7.50. The SMILES string of the molecule is CONN(C(=O)c1ccccc1COP(CCC#N)N(C(C)C)C(C)C)C(c1ccccc1)(c1ccccc1)c1ccccc1. The van der Waals surface area contributed by atoms with Gasteiger partial charge in [0.05, 0.1) is 19.8 Å². The summed E-state index contributed by atoms with van der Waals surface area (Å²) in [5, 5.41) is 10.9. The molecule has 8 heteroatoms. The van der Waals surface area contributed by atoms with Crippen LogP contribution in [0, 0.1) is 11.3 Å². The highest BCUT2D eigenvalue weighted by atomic mass is 31.2. The smallest absolute Gasteiger partial charge is 0.271 e. The molecule has 0 spiro atoms. The summed E-state index contributed by atoms with van der Waals surface area (Å²) in [7, 11) is 0.438. The zero-order chi connectivity index (χ0) is 32.2. The number of hydrazine groups is 1. The minimum absolute atomic E-state index is 0.227. The largest absolute Gasteiger partial charge is 0.339 e. The maximum absolute atomic E-state index is 15.0.